The third kappa shape index (κ3) is 4.92. The smallest absolute Gasteiger partial charge is 0.105 e. The van der Waals surface area contributed by atoms with Crippen molar-refractivity contribution in [3.8, 4) is 0 Å². The molecule has 1 heterocycles. The lowest BCUT2D eigenvalue weighted by Crippen LogP contribution is -2.28. The van der Waals surface area contributed by atoms with E-state index in [1.165, 1.54) is 5.56 Å². The third-order valence-electron chi connectivity index (χ3n) is 2.63. The zero-order valence-corrected chi connectivity index (χ0v) is 11.9. The fourth-order valence-electron chi connectivity index (χ4n) is 1.82. The molecule has 17 heavy (non-hydrogen) atoms. The summed E-state index contributed by atoms with van der Waals surface area (Å²) in [4.78, 5) is 0. The molecule has 1 N–H and O–H groups in total. The third-order valence-corrected chi connectivity index (χ3v) is 2.63. The van der Waals surface area contributed by atoms with Crippen LogP contribution in [0.5, 0.6) is 0 Å². The molecular weight excluding hydrogens is 214 g/mol. The van der Waals surface area contributed by atoms with E-state index in [-0.39, 0.29) is 5.60 Å². The van der Waals surface area contributed by atoms with Gasteiger partial charge in [-0.2, -0.15) is 0 Å². The maximum absolute atomic E-state index is 5.67. The first kappa shape index (κ1) is 14.3. The maximum atomic E-state index is 5.67. The Kier molecular flexibility index (Phi) is 4.78. The Bertz CT molecular complexity index is 350. The van der Waals surface area contributed by atoms with Gasteiger partial charge in [0.05, 0.1) is 12.2 Å². The van der Waals surface area contributed by atoms with Crippen LogP contribution in [-0.4, -0.2) is 18.8 Å². The van der Waals surface area contributed by atoms with Crippen molar-refractivity contribution >= 4 is 0 Å². The highest BCUT2D eigenvalue weighted by Gasteiger charge is 2.13. The summed E-state index contributed by atoms with van der Waals surface area (Å²) in [5.41, 5.74) is 1.17. The number of aryl methyl sites for hydroxylation is 2. The molecule has 0 bridgehead atoms. The van der Waals surface area contributed by atoms with Crippen LogP contribution >= 0.6 is 0 Å². The van der Waals surface area contributed by atoms with Gasteiger partial charge in [-0.05, 0) is 47.6 Å². The van der Waals surface area contributed by atoms with E-state index in [4.69, 9.17) is 9.15 Å². The van der Waals surface area contributed by atoms with Crippen LogP contribution < -0.4 is 5.32 Å². The van der Waals surface area contributed by atoms with Crippen molar-refractivity contribution < 1.29 is 9.15 Å². The second-order valence-corrected chi connectivity index (χ2v) is 5.51. The number of hydrogen-bond donors (Lipinski definition) is 1. The molecule has 98 valence electrons. The van der Waals surface area contributed by atoms with Gasteiger partial charge in [0.15, 0.2) is 0 Å². The molecule has 0 radical (unpaired) electrons. The molecule has 3 nitrogen and oxygen atoms in total. The lowest BCUT2D eigenvalue weighted by atomic mass is 10.1. The number of nitrogens with one attached hydrogen (secondary N) is 1. The normalized spacial score (nSPS) is 14.0. The topological polar surface area (TPSA) is 34.4 Å². The number of ether oxygens (including phenoxy) is 1. The summed E-state index contributed by atoms with van der Waals surface area (Å²) in [6, 6.07) is 2.40. The fraction of sp³-hybridized carbons (Fsp3) is 0.714. The van der Waals surface area contributed by atoms with Crippen molar-refractivity contribution in [2.45, 2.75) is 53.2 Å². The van der Waals surface area contributed by atoms with Gasteiger partial charge < -0.3 is 14.5 Å². The Labute approximate surface area is 105 Å². The van der Waals surface area contributed by atoms with E-state index in [0.29, 0.717) is 6.04 Å². The Morgan fingerprint density at radius 2 is 2.00 bits per heavy atom. The van der Waals surface area contributed by atoms with Crippen molar-refractivity contribution in [1.82, 2.24) is 5.32 Å². The molecule has 0 saturated carbocycles. The highest BCUT2D eigenvalue weighted by molar-refractivity contribution is 5.23. The Hall–Kier alpha value is -0.800. The Morgan fingerprint density at radius 3 is 2.47 bits per heavy atom. The molecule has 0 aliphatic heterocycles. The van der Waals surface area contributed by atoms with Crippen molar-refractivity contribution in [1.29, 1.82) is 0 Å². The predicted octanol–water partition coefficient (Wildman–Crippen LogP) is 3.36. The molecular formula is C14H25NO2. The first-order valence-corrected chi connectivity index (χ1v) is 6.24. The van der Waals surface area contributed by atoms with Gasteiger partial charge in [-0.25, -0.2) is 0 Å². The minimum absolute atomic E-state index is 0.0624. The van der Waals surface area contributed by atoms with E-state index >= 15 is 0 Å². The lowest BCUT2D eigenvalue weighted by molar-refractivity contribution is -0.00150. The average molecular weight is 239 g/mol. The molecule has 1 unspecified atom stereocenters. The summed E-state index contributed by atoms with van der Waals surface area (Å²) < 4.78 is 11.2. The highest BCUT2D eigenvalue weighted by atomic mass is 16.5. The average Bonchev–Trinajstić information content (AvgIpc) is 2.51. The lowest BCUT2D eigenvalue weighted by Gasteiger charge is -2.20. The molecule has 0 aliphatic rings. The van der Waals surface area contributed by atoms with Crippen molar-refractivity contribution in [2.24, 2.45) is 0 Å². The van der Waals surface area contributed by atoms with E-state index < -0.39 is 0 Å². The van der Waals surface area contributed by atoms with Gasteiger partial charge in [-0.1, -0.05) is 0 Å². The van der Waals surface area contributed by atoms with E-state index in [0.717, 1.165) is 24.7 Å². The largest absolute Gasteiger partial charge is 0.466 e. The molecule has 1 rings (SSSR count). The summed E-state index contributed by atoms with van der Waals surface area (Å²) in [5.74, 6) is 1.97. The van der Waals surface area contributed by atoms with Gasteiger partial charge in [-0.15, -0.1) is 0 Å². The summed E-state index contributed by atoms with van der Waals surface area (Å²) in [7, 11) is 0. The molecule has 0 aliphatic carbocycles. The van der Waals surface area contributed by atoms with E-state index in [1.807, 2.05) is 13.8 Å². The molecule has 0 amide bonds. The van der Waals surface area contributed by atoms with Gasteiger partial charge in [0.2, 0.25) is 0 Å². The van der Waals surface area contributed by atoms with Crippen LogP contribution in [0.1, 0.15) is 50.8 Å². The van der Waals surface area contributed by atoms with E-state index in [9.17, 15) is 0 Å². The zero-order chi connectivity index (χ0) is 13.1. The molecule has 0 spiro atoms. The molecule has 1 aromatic heterocycles. The van der Waals surface area contributed by atoms with Gasteiger partial charge in [0, 0.05) is 18.2 Å². The van der Waals surface area contributed by atoms with Gasteiger partial charge in [0.1, 0.15) is 11.5 Å². The van der Waals surface area contributed by atoms with E-state index in [1.54, 1.807) is 0 Å². The minimum Gasteiger partial charge on any atom is -0.466 e. The van der Waals surface area contributed by atoms with Crippen LogP contribution in [0.15, 0.2) is 10.5 Å². The number of hydrogen-bond acceptors (Lipinski definition) is 3. The zero-order valence-electron chi connectivity index (χ0n) is 11.9. The van der Waals surface area contributed by atoms with E-state index in [2.05, 4.69) is 39.1 Å². The summed E-state index contributed by atoms with van der Waals surface area (Å²) >= 11 is 0. The molecule has 1 aromatic rings. The number of rotatable bonds is 5. The molecule has 1 atom stereocenters. The number of furan rings is 1. The molecule has 0 fully saturated rings. The van der Waals surface area contributed by atoms with Crippen molar-refractivity contribution in [3.63, 3.8) is 0 Å². The van der Waals surface area contributed by atoms with Crippen LogP contribution in [0.3, 0.4) is 0 Å². The summed E-state index contributed by atoms with van der Waals surface area (Å²) in [6.07, 6.45) is 0. The highest BCUT2D eigenvalue weighted by Crippen LogP contribution is 2.20. The minimum atomic E-state index is -0.0624. The quantitative estimate of drug-likeness (QED) is 0.800. The standard InChI is InChI=1S/C14H25NO2/c1-10-9-13(12(3)17-10)11(2)15-7-8-16-14(4,5)6/h9,11,15H,7-8H2,1-6H3. The maximum Gasteiger partial charge on any atom is 0.105 e. The van der Waals surface area contributed by atoms with Crippen molar-refractivity contribution in [3.05, 3.63) is 23.2 Å². The fourth-order valence-corrected chi connectivity index (χ4v) is 1.82. The van der Waals surface area contributed by atoms with Crippen molar-refractivity contribution in [2.75, 3.05) is 13.2 Å². The van der Waals surface area contributed by atoms with Crippen LogP contribution in [0.25, 0.3) is 0 Å². The Balaban J connectivity index is 2.35. The molecule has 3 heteroatoms. The first-order chi connectivity index (χ1) is 7.79. The summed E-state index contributed by atoms with van der Waals surface area (Å²) in [6.45, 7) is 13.9. The second kappa shape index (κ2) is 5.69. The first-order valence-electron chi connectivity index (χ1n) is 6.24. The van der Waals surface area contributed by atoms with Gasteiger partial charge in [0.25, 0.3) is 0 Å². The SMILES string of the molecule is Cc1cc(C(C)NCCOC(C)(C)C)c(C)o1. The van der Waals surface area contributed by atoms with Gasteiger partial charge in [-0.3, -0.25) is 0 Å². The molecule has 0 aromatic carbocycles. The summed E-state index contributed by atoms with van der Waals surface area (Å²) in [5, 5.41) is 3.44. The second-order valence-electron chi connectivity index (χ2n) is 5.51. The van der Waals surface area contributed by atoms with Crippen LogP contribution in [0.4, 0.5) is 0 Å². The monoisotopic (exact) mass is 239 g/mol. The van der Waals surface area contributed by atoms with Gasteiger partial charge >= 0.3 is 0 Å². The van der Waals surface area contributed by atoms with Crippen LogP contribution in [-0.2, 0) is 4.74 Å². The Morgan fingerprint density at radius 1 is 1.35 bits per heavy atom. The molecule has 0 saturated heterocycles. The predicted molar refractivity (Wildman–Crippen MR) is 70.3 cm³/mol. The van der Waals surface area contributed by atoms with Crippen LogP contribution in [0, 0.1) is 13.8 Å². The van der Waals surface area contributed by atoms with Crippen LogP contribution in [0.2, 0.25) is 0 Å².